The summed E-state index contributed by atoms with van der Waals surface area (Å²) in [5.74, 6) is -0.219. The maximum absolute atomic E-state index is 11.3. The highest BCUT2D eigenvalue weighted by Crippen LogP contribution is 2.29. The second-order valence-electron chi connectivity index (χ2n) is 8.42. The summed E-state index contributed by atoms with van der Waals surface area (Å²) in [5.41, 5.74) is 6.68. The lowest BCUT2D eigenvalue weighted by Gasteiger charge is -2.12. The van der Waals surface area contributed by atoms with Crippen molar-refractivity contribution in [3.63, 3.8) is 0 Å². The molecule has 4 heteroatoms. The molecule has 0 saturated heterocycles. The maximum Gasteiger partial charge on any atom is 0.333 e. The van der Waals surface area contributed by atoms with E-state index in [1.807, 2.05) is 42.5 Å². The van der Waals surface area contributed by atoms with Gasteiger partial charge in [-0.3, -0.25) is 0 Å². The lowest BCUT2D eigenvalue weighted by atomic mass is 9.96. The van der Waals surface area contributed by atoms with Crippen LogP contribution in [0.25, 0.3) is 28.3 Å². The van der Waals surface area contributed by atoms with E-state index in [1.165, 1.54) is 22.3 Å². The third kappa shape index (κ3) is 6.94. The molecule has 0 aliphatic heterocycles. The first-order valence-electron chi connectivity index (χ1n) is 12.1. The predicted molar refractivity (Wildman–Crippen MR) is 145 cm³/mol. The number of rotatable bonds is 11. The van der Waals surface area contributed by atoms with Crippen LogP contribution >= 0.6 is 0 Å². The van der Waals surface area contributed by atoms with Crippen LogP contribution in [0.3, 0.4) is 0 Å². The van der Waals surface area contributed by atoms with Gasteiger partial charge >= 0.3 is 5.97 Å². The largest absolute Gasteiger partial charge is 0.490 e. The third-order valence-electron chi connectivity index (χ3n) is 5.81. The second-order valence-corrected chi connectivity index (χ2v) is 8.42. The normalized spacial score (nSPS) is 11.9. The quantitative estimate of drug-likeness (QED) is 0.249. The molecular weight excluding hydrogens is 448 g/mol. The van der Waals surface area contributed by atoms with E-state index in [-0.39, 0.29) is 0 Å². The number of aliphatic carboxylic acids is 1. The molecule has 0 aromatic heterocycles. The van der Waals surface area contributed by atoms with Crippen LogP contribution in [-0.2, 0) is 16.0 Å². The highest BCUT2D eigenvalue weighted by molar-refractivity contribution is 5.77. The van der Waals surface area contributed by atoms with E-state index < -0.39 is 12.1 Å². The van der Waals surface area contributed by atoms with E-state index in [9.17, 15) is 9.90 Å². The molecule has 4 aromatic rings. The Morgan fingerprint density at radius 1 is 0.806 bits per heavy atom. The van der Waals surface area contributed by atoms with Gasteiger partial charge in [-0.25, -0.2) is 4.79 Å². The van der Waals surface area contributed by atoms with E-state index in [4.69, 9.17) is 9.47 Å². The van der Waals surface area contributed by atoms with Crippen molar-refractivity contribution in [2.45, 2.75) is 19.4 Å². The van der Waals surface area contributed by atoms with Crippen molar-refractivity contribution in [1.82, 2.24) is 0 Å². The molecule has 0 fully saturated rings. The number of carboxylic acids is 1. The molecule has 0 aliphatic rings. The summed E-state index contributed by atoms with van der Waals surface area (Å²) in [7, 11) is 0. The van der Waals surface area contributed by atoms with E-state index in [1.54, 1.807) is 6.92 Å². The zero-order chi connectivity index (χ0) is 25.2. The summed E-state index contributed by atoms with van der Waals surface area (Å²) >= 11 is 0. The van der Waals surface area contributed by atoms with Crippen LogP contribution in [-0.4, -0.2) is 30.4 Å². The Morgan fingerprint density at radius 3 is 1.92 bits per heavy atom. The lowest BCUT2D eigenvalue weighted by molar-refractivity contribution is -0.149. The first kappa shape index (κ1) is 25.0. The van der Waals surface area contributed by atoms with Crippen molar-refractivity contribution in [1.29, 1.82) is 0 Å². The summed E-state index contributed by atoms with van der Waals surface area (Å²) in [6.07, 6.45) is 3.57. The molecule has 0 radical (unpaired) electrons. The highest BCUT2D eigenvalue weighted by Gasteiger charge is 2.17. The summed E-state index contributed by atoms with van der Waals surface area (Å²) < 4.78 is 11.2. The monoisotopic (exact) mass is 478 g/mol. The molecule has 4 rings (SSSR count). The van der Waals surface area contributed by atoms with Gasteiger partial charge in [0, 0.05) is 13.0 Å². The highest BCUT2D eigenvalue weighted by atomic mass is 16.5. The topological polar surface area (TPSA) is 55.8 Å². The summed E-state index contributed by atoms with van der Waals surface area (Å²) in [6.45, 7) is 2.58. The molecule has 4 aromatic carbocycles. The molecular formula is C32H30O4. The van der Waals surface area contributed by atoms with Crippen molar-refractivity contribution in [2.24, 2.45) is 0 Å². The average molecular weight is 479 g/mol. The van der Waals surface area contributed by atoms with Crippen LogP contribution in [0, 0.1) is 0 Å². The fourth-order valence-electron chi connectivity index (χ4n) is 4.03. The molecule has 182 valence electrons. The van der Waals surface area contributed by atoms with Gasteiger partial charge in [-0.15, -0.1) is 0 Å². The van der Waals surface area contributed by atoms with E-state index in [0.717, 1.165) is 16.9 Å². The fraction of sp³-hybridized carbons (Fsp3) is 0.156. The van der Waals surface area contributed by atoms with Gasteiger partial charge in [0.15, 0.2) is 6.10 Å². The Hall–Kier alpha value is -4.15. The van der Waals surface area contributed by atoms with Crippen molar-refractivity contribution in [2.75, 3.05) is 13.2 Å². The van der Waals surface area contributed by atoms with Crippen LogP contribution in [0.5, 0.6) is 5.75 Å². The van der Waals surface area contributed by atoms with E-state index >= 15 is 0 Å². The van der Waals surface area contributed by atoms with Gasteiger partial charge < -0.3 is 14.6 Å². The Balaban J connectivity index is 1.44. The maximum atomic E-state index is 11.3. The summed E-state index contributed by atoms with van der Waals surface area (Å²) in [4.78, 5) is 11.3. The second kappa shape index (κ2) is 12.5. The standard InChI is InChI=1S/C32H30O4/c1-2-35-31(32(33)34)22-24-15-17-30(18-16-24)36-19-9-10-25-20-28(26-11-5-3-6-12-26)23-29(21-25)27-13-7-4-8-14-27/h3-18,20-21,23,31H,2,19,22H2,1H3,(H,33,34)/t31-/m0/s1. The molecule has 0 aliphatic carbocycles. The van der Waals surface area contributed by atoms with E-state index in [0.29, 0.717) is 19.6 Å². The van der Waals surface area contributed by atoms with Gasteiger partial charge in [-0.05, 0) is 76.7 Å². The number of carbonyl (C=O) groups is 1. The SMILES string of the molecule is CCO[C@@H](Cc1ccc(OCC=Cc2cc(-c3ccccc3)cc(-c3ccccc3)c2)cc1)C(=O)O. The molecule has 4 nitrogen and oxygen atoms in total. The van der Waals surface area contributed by atoms with Gasteiger partial charge in [0.1, 0.15) is 12.4 Å². The average Bonchev–Trinajstić information content (AvgIpc) is 2.92. The Labute approximate surface area is 212 Å². The van der Waals surface area contributed by atoms with Crippen molar-refractivity contribution < 1.29 is 19.4 Å². The molecule has 0 saturated carbocycles. The Morgan fingerprint density at radius 2 is 1.39 bits per heavy atom. The molecule has 1 N–H and O–H groups in total. The van der Waals surface area contributed by atoms with Crippen LogP contribution in [0.15, 0.2) is 109 Å². The number of benzene rings is 4. The van der Waals surface area contributed by atoms with Crippen LogP contribution in [0.4, 0.5) is 0 Å². The predicted octanol–water partition coefficient (Wildman–Crippen LogP) is 7.15. The summed E-state index contributed by atoms with van der Waals surface area (Å²) in [5, 5.41) is 9.26. The zero-order valence-corrected chi connectivity index (χ0v) is 20.3. The number of ether oxygens (including phenoxy) is 2. The minimum Gasteiger partial charge on any atom is -0.490 e. The van der Waals surface area contributed by atoms with Crippen molar-refractivity contribution in [3.05, 3.63) is 120 Å². The van der Waals surface area contributed by atoms with E-state index in [2.05, 4.69) is 72.8 Å². The first-order valence-corrected chi connectivity index (χ1v) is 12.1. The van der Waals surface area contributed by atoms with Crippen molar-refractivity contribution >= 4 is 12.0 Å². The molecule has 0 amide bonds. The van der Waals surface area contributed by atoms with Crippen LogP contribution in [0.1, 0.15) is 18.1 Å². The van der Waals surface area contributed by atoms with Crippen LogP contribution in [0.2, 0.25) is 0 Å². The molecule has 0 bridgehead atoms. The molecule has 0 heterocycles. The molecule has 0 spiro atoms. The first-order chi connectivity index (χ1) is 17.6. The third-order valence-corrected chi connectivity index (χ3v) is 5.81. The summed E-state index contributed by atoms with van der Waals surface area (Å²) in [6, 6.07) is 34.8. The minimum atomic E-state index is -0.950. The smallest absolute Gasteiger partial charge is 0.333 e. The van der Waals surface area contributed by atoms with Crippen LogP contribution < -0.4 is 4.74 Å². The van der Waals surface area contributed by atoms with Gasteiger partial charge in [-0.1, -0.05) is 78.9 Å². The van der Waals surface area contributed by atoms with Crippen molar-refractivity contribution in [3.8, 4) is 28.0 Å². The van der Waals surface area contributed by atoms with Gasteiger partial charge in [-0.2, -0.15) is 0 Å². The van der Waals surface area contributed by atoms with Gasteiger partial charge in [0.05, 0.1) is 0 Å². The number of hydrogen-bond acceptors (Lipinski definition) is 3. The van der Waals surface area contributed by atoms with Gasteiger partial charge in [0.25, 0.3) is 0 Å². The fourth-order valence-corrected chi connectivity index (χ4v) is 4.03. The Kier molecular flexibility index (Phi) is 8.68. The molecule has 36 heavy (non-hydrogen) atoms. The number of carboxylic acid groups (broad SMARTS) is 1. The Bertz CT molecular complexity index is 1220. The molecule has 0 unspecified atom stereocenters. The number of hydrogen-bond donors (Lipinski definition) is 1. The zero-order valence-electron chi connectivity index (χ0n) is 20.3. The van der Waals surface area contributed by atoms with Gasteiger partial charge in [0.2, 0.25) is 0 Å². The minimum absolute atomic E-state index is 0.324. The molecule has 1 atom stereocenters. The lowest BCUT2D eigenvalue weighted by Crippen LogP contribution is -2.26.